The van der Waals surface area contributed by atoms with Gasteiger partial charge in [-0.05, 0) is 128 Å². The number of esters is 2. The molecule has 0 aliphatic carbocycles. The highest BCUT2D eigenvalue weighted by Gasteiger charge is 2.25. The SMILES string of the molecule is CC/C=C\C/C=C\C/C=C\C/C=C\C/C=C\C/C=C\C/C=C\C/C=C\C/C=C\C/C=C\C/C=C\CCCCCC(=O)OC(COC(=O)CCCCCCC/C=C\C/C=C\C/C=C\CC)COC(OCC[N+](C)(C)C)C(=O)O. The predicted molar refractivity (Wildman–Crippen MR) is 326 cm³/mol. The van der Waals surface area contributed by atoms with E-state index in [1.165, 1.54) is 0 Å². The van der Waals surface area contributed by atoms with Gasteiger partial charge in [0.1, 0.15) is 13.2 Å². The number of carbonyl (C=O) groups is 3. The lowest BCUT2D eigenvalue weighted by Gasteiger charge is -2.25. The number of allylic oxidation sites excluding steroid dienone is 28. The van der Waals surface area contributed by atoms with Crippen LogP contribution in [-0.4, -0.2) is 87.4 Å². The van der Waals surface area contributed by atoms with E-state index in [0.717, 1.165) is 141 Å². The summed E-state index contributed by atoms with van der Waals surface area (Å²) in [4.78, 5) is 37.3. The number of unbranched alkanes of at least 4 members (excludes halogenated alkanes) is 8. The van der Waals surface area contributed by atoms with E-state index >= 15 is 0 Å². The van der Waals surface area contributed by atoms with E-state index in [1.807, 2.05) is 21.1 Å². The summed E-state index contributed by atoms with van der Waals surface area (Å²) in [7, 11) is 5.93. The quantitative estimate of drug-likeness (QED) is 0.0211. The minimum absolute atomic E-state index is 0.168. The number of quaternary nitrogens is 1. The minimum atomic E-state index is -1.54. The van der Waals surface area contributed by atoms with Crippen LogP contribution < -0.4 is 0 Å². The molecule has 77 heavy (non-hydrogen) atoms. The van der Waals surface area contributed by atoms with Crippen molar-refractivity contribution in [1.29, 1.82) is 0 Å². The number of likely N-dealkylation sites (N-methyl/N-ethyl adjacent to an activating group) is 1. The fourth-order valence-electron chi connectivity index (χ4n) is 7.03. The molecule has 9 nitrogen and oxygen atoms in total. The van der Waals surface area contributed by atoms with Crippen LogP contribution in [0.5, 0.6) is 0 Å². The molecule has 0 fully saturated rings. The predicted octanol–water partition coefficient (Wildman–Crippen LogP) is 17.6. The van der Waals surface area contributed by atoms with Crippen LogP contribution in [0.15, 0.2) is 170 Å². The summed E-state index contributed by atoms with van der Waals surface area (Å²) in [5.74, 6) is -2.10. The number of carboxylic acid groups (broad SMARTS) is 1. The highest BCUT2D eigenvalue weighted by molar-refractivity contribution is 5.71. The molecular weight excluding hydrogens is 959 g/mol. The fourth-order valence-corrected chi connectivity index (χ4v) is 7.03. The summed E-state index contributed by atoms with van der Waals surface area (Å²) < 4.78 is 22.8. The zero-order valence-electron chi connectivity index (χ0n) is 48.8. The maximum absolute atomic E-state index is 12.9. The Bertz CT molecular complexity index is 1860. The molecule has 0 amide bonds. The van der Waals surface area contributed by atoms with E-state index in [0.29, 0.717) is 23.9 Å². The summed E-state index contributed by atoms with van der Waals surface area (Å²) in [6, 6.07) is 0. The van der Waals surface area contributed by atoms with Gasteiger partial charge in [0.05, 0.1) is 34.4 Å². The molecular formula is C68H106NO8+. The second kappa shape index (κ2) is 56.8. The second-order valence-corrected chi connectivity index (χ2v) is 19.8. The van der Waals surface area contributed by atoms with Gasteiger partial charge in [-0.25, -0.2) is 4.79 Å². The first-order valence-electron chi connectivity index (χ1n) is 29.3. The molecule has 0 aromatic rings. The molecule has 2 unspecified atom stereocenters. The smallest absolute Gasteiger partial charge is 0.361 e. The zero-order valence-corrected chi connectivity index (χ0v) is 48.8. The third kappa shape index (κ3) is 58.2. The van der Waals surface area contributed by atoms with Crippen molar-refractivity contribution in [3.05, 3.63) is 170 Å². The first kappa shape index (κ1) is 71.7. The Kier molecular flexibility index (Phi) is 52.9. The Morgan fingerprint density at radius 3 is 1.05 bits per heavy atom. The molecule has 0 saturated heterocycles. The molecule has 0 heterocycles. The van der Waals surface area contributed by atoms with Crippen LogP contribution in [0.4, 0.5) is 0 Å². The van der Waals surface area contributed by atoms with Gasteiger partial charge in [-0.2, -0.15) is 0 Å². The van der Waals surface area contributed by atoms with Gasteiger partial charge in [0.2, 0.25) is 0 Å². The Morgan fingerprint density at radius 1 is 0.390 bits per heavy atom. The van der Waals surface area contributed by atoms with Crippen molar-refractivity contribution in [2.45, 2.75) is 193 Å². The molecule has 0 aromatic carbocycles. The molecule has 1 N–H and O–H groups in total. The molecule has 0 bridgehead atoms. The molecule has 0 saturated carbocycles. The van der Waals surface area contributed by atoms with Crippen LogP contribution in [0.1, 0.15) is 181 Å². The maximum atomic E-state index is 12.9. The molecule has 0 rings (SSSR count). The van der Waals surface area contributed by atoms with Gasteiger partial charge < -0.3 is 28.5 Å². The van der Waals surface area contributed by atoms with Crippen molar-refractivity contribution < 1.29 is 42.9 Å². The standard InChI is InChI=1S/C68H105NO8/c1-6-8-10-12-14-16-18-20-22-23-24-25-26-27-28-29-30-31-32-33-34-35-36-37-38-39-40-41-42-43-45-47-49-51-53-55-57-59-66(71)77-64(63-76-68(67(72)73)74-61-60-69(3,4)5)62-75-65(70)58-56-54-52-50-48-46-44-21-19-17-15-13-11-9-7-2/h8-11,14-17,20-22,24-25,27-28,30-31,33-34,36-37,39-40,42-44,47,49,64,68H,6-7,12-13,18-19,23,26,29,32,35,38,41,45-46,48,50-63H2,1-5H3/p+1/b10-8-,11-9-,16-14-,17-15-,22-20-,25-24-,28-27-,31-30-,34-33-,37-36-,40-39-,43-42-,44-21-,49-47-. The van der Waals surface area contributed by atoms with Crippen LogP contribution in [0.25, 0.3) is 0 Å². The van der Waals surface area contributed by atoms with Crippen molar-refractivity contribution in [3.8, 4) is 0 Å². The van der Waals surface area contributed by atoms with Crippen LogP contribution in [-0.2, 0) is 33.3 Å². The number of hydrogen-bond acceptors (Lipinski definition) is 7. The molecule has 430 valence electrons. The van der Waals surface area contributed by atoms with Crippen LogP contribution in [0.3, 0.4) is 0 Å². The molecule has 0 spiro atoms. The maximum Gasteiger partial charge on any atom is 0.361 e. The number of aliphatic carboxylic acids is 1. The lowest BCUT2D eigenvalue weighted by molar-refractivity contribution is -0.870. The molecule has 0 aliphatic heterocycles. The number of ether oxygens (including phenoxy) is 4. The molecule has 0 radical (unpaired) electrons. The van der Waals surface area contributed by atoms with Gasteiger partial charge in [0, 0.05) is 12.8 Å². The van der Waals surface area contributed by atoms with E-state index in [1.54, 1.807) is 0 Å². The average Bonchev–Trinajstić information content (AvgIpc) is 3.40. The summed E-state index contributed by atoms with van der Waals surface area (Å²) in [6.45, 7) is 4.55. The van der Waals surface area contributed by atoms with Crippen LogP contribution >= 0.6 is 0 Å². The number of hydrogen-bond donors (Lipinski definition) is 1. The Morgan fingerprint density at radius 2 is 0.701 bits per heavy atom. The summed E-state index contributed by atoms with van der Waals surface area (Å²) in [6.07, 6.45) is 83.0. The summed E-state index contributed by atoms with van der Waals surface area (Å²) in [5.41, 5.74) is 0. The van der Waals surface area contributed by atoms with Gasteiger partial charge >= 0.3 is 17.9 Å². The monoisotopic (exact) mass is 1060 g/mol. The number of rotatable bonds is 51. The number of carboxylic acids is 1. The second-order valence-electron chi connectivity index (χ2n) is 19.8. The number of carbonyl (C=O) groups excluding carboxylic acids is 2. The first-order valence-corrected chi connectivity index (χ1v) is 29.3. The Balaban J connectivity index is 4.33. The van der Waals surface area contributed by atoms with Crippen LogP contribution in [0, 0.1) is 0 Å². The van der Waals surface area contributed by atoms with Gasteiger partial charge in [-0.1, -0.05) is 210 Å². The fraction of sp³-hybridized carbons (Fsp3) is 0.544. The third-order valence-corrected chi connectivity index (χ3v) is 11.5. The van der Waals surface area contributed by atoms with E-state index in [2.05, 4.69) is 184 Å². The average molecular weight is 1070 g/mol. The van der Waals surface area contributed by atoms with E-state index in [9.17, 15) is 19.5 Å². The molecule has 9 heteroatoms. The zero-order chi connectivity index (χ0) is 56.2. The highest BCUT2D eigenvalue weighted by atomic mass is 16.7. The summed E-state index contributed by atoms with van der Waals surface area (Å²) >= 11 is 0. The van der Waals surface area contributed by atoms with Crippen molar-refractivity contribution in [2.75, 3.05) is 47.5 Å². The Hall–Kier alpha value is -5.35. The van der Waals surface area contributed by atoms with Gasteiger partial charge in [-0.3, -0.25) is 9.59 Å². The van der Waals surface area contributed by atoms with E-state index < -0.39 is 24.3 Å². The van der Waals surface area contributed by atoms with Crippen molar-refractivity contribution in [2.24, 2.45) is 0 Å². The van der Waals surface area contributed by atoms with Crippen molar-refractivity contribution in [1.82, 2.24) is 0 Å². The molecule has 0 aromatic heterocycles. The largest absolute Gasteiger partial charge is 0.477 e. The van der Waals surface area contributed by atoms with Gasteiger partial charge in [0.15, 0.2) is 6.10 Å². The normalized spacial score (nSPS) is 14.0. The lowest BCUT2D eigenvalue weighted by atomic mass is 10.1. The molecule has 2 atom stereocenters. The molecule has 0 aliphatic rings. The minimum Gasteiger partial charge on any atom is -0.477 e. The van der Waals surface area contributed by atoms with Gasteiger partial charge in [0.25, 0.3) is 6.29 Å². The third-order valence-electron chi connectivity index (χ3n) is 11.5. The van der Waals surface area contributed by atoms with E-state index in [4.69, 9.17) is 18.9 Å². The number of nitrogens with zero attached hydrogens (tertiary/aromatic N) is 1. The Labute approximate surface area is 469 Å². The van der Waals surface area contributed by atoms with Crippen LogP contribution in [0.2, 0.25) is 0 Å². The van der Waals surface area contributed by atoms with E-state index in [-0.39, 0.29) is 38.6 Å². The lowest BCUT2D eigenvalue weighted by Crippen LogP contribution is -2.40. The topological polar surface area (TPSA) is 108 Å². The summed E-state index contributed by atoms with van der Waals surface area (Å²) in [5, 5.41) is 9.69. The van der Waals surface area contributed by atoms with Crippen molar-refractivity contribution >= 4 is 17.9 Å². The van der Waals surface area contributed by atoms with Gasteiger partial charge in [-0.15, -0.1) is 0 Å². The van der Waals surface area contributed by atoms with Crippen molar-refractivity contribution in [3.63, 3.8) is 0 Å². The first-order chi connectivity index (χ1) is 37.6. The highest BCUT2D eigenvalue weighted by Crippen LogP contribution is 2.12.